The number of nitrogens with zero attached hydrogens (tertiary/aromatic N) is 1. The van der Waals surface area contributed by atoms with E-state index in [0.29, 0.717) is 5.02 Å². The molecular weight excluding hydrogens is 328 g/mol. The van der Waals surface area contributed by atoms with E-state index in [9.17, 15) is 9.90 Å². The highest BCUT2D eigenvalue weighted by atomic mass is 35.5. The number of halogens is 1. The number of fused-ring (bicyclic) bond motifs is 5. The summed E-state index contributed by atoms with van der Waals surface area (Å²) in [5.41, 5.74) is 1.89. The Balaban J connectivity index is 1.88. The van der Waals surface area contributed by atoms with Gasteiger partial charge in [0.1, 0.15) is 5.75 Å². The molecule has 6 heteroatoms. The molecule has 5 nitrogen and oxygen atoms in total. The number of para-hydroxylation sites is 1. The summed E-state index contributed by atoms with van der Waals surface area (Å²) in [6.45, 7) is 0.827. The van der Waals surface area contributed by atoms with E-state index in [0.717, 1.165) is 42.1 Å². The number of rotatable bonds is 1. The highest BCUT2D eigenvalue weighted by Crippen LogP contribution is 2.48. The Morgan fingerprint density at radius 2 is 2.08 bits per heavy atom. The highest BCUT2D eigenvalue weighted by molar-refractivity contribution is 6.31. The Morgan fingerprint density at radius 3 is 2.92 bits per heavy atom. The van der Waals surface area contributed by atoms with Crippen LogP contribution in [-0.4, -0.2) is 23.8 Å². The molecule has 0 aliphatic carbocycles. The van der Waals surface area contributed by atoms with Crippen LogP contribution in [0.15, 0.2) is 42.5 Å². The first kappa shape index (κ1) is 15.1. The monoisotopic (exact) mass is 344 g/mol. The Kier molecular flexibility index (Phi) is 3.73. The van der Waals surface area contributed by atoms with Gasteiger partial charge in [0.25, 0.3) is 0 Å². The van der Waals surface area contributed by atoms with E-state index in [-0.39, 0.29) is 12.1 Å². The van der Waals surface area contributed by atoms with Crippen LogP contribution in [0.3, 0.4) is 0 Å². The fraction of sp³-hybridized carbons (Fsp3) is 0.278. The number of piperidine rings is 1. The molecule has 0 aromatic heterocycles. The number of ether oxygens (including phenoxy) is 1. The fourth-order valence-electron chi connectivity index (χ4n) is 3.70. The van der Waals surface area contributed by atoms with Crippen molar-refractivity contribution in [1.82, 2.24) is 5.32 Å². The van der Waals surface area contributed by atoms with Gasteiger partial charge >= 0.3 is 6.09 Å². The Hall–Kier alpha value is -2.40. The lowest BCUT2D eigenvalue weighted by Crippen LogP contribution is -2.49. The van der Waals surface area contributed by atoms with Crippen molar-refractivity contribution in [1.29, 1.82) is 0 Å². The zero-order chi connectivity index (χ0) is 16.7. The molecule has 2 aromatic carbocycles. The lowest BCUT2D eigenvalue weighted by Gasteiger charge is -2.42. The third-order valence-corrected chi connectivity index (χ3v) is 4.86. The van der Waals surface area contributed by atoms with Crippen LogP contribution in [0, 0.1) is 0 Å². The summed E-state index contributed by atoms with van der Waals surface area (Å²) in [6, 6.07) is 13.0. The van der Waals surface area contributed by atoms with Gasteiger partial charge in [0, 0.05) is 17.1 Å². The van der Waals surface area contributed by atoms with Crippen molar-refractivity contribution >= 4 is 23.4 Å². The quantitative estimate of drug-likeness (QED) is 0.803. The molecule has 2 aromatic rings. The number of benzene rings is 2. The maximum absolute atomic E-state index is 11.3. The van der Waals surface area contributed by atoms with Crippen molar-refractivity contribution in [3.05, 3.63) is 53.1 Å². The topological polar surface area (TPSA) is 61.8 Å². The SMILES string of the molecule is O=C(O)N[C@H]1CCCN2c3cc(Cl)ccc3Oc3ccccc3[C@@H]12. The highest BCUT2D eigenvalue weighted by Gasteiger charge is 2.38. The largest absolute Gasteiger partial charge is 0.465 e. The molecule has 2 aliphatic rings. The maximum Gasteiger partial charge on any atom is 0.404 e. The first-order chi connectivity index (χ1) is 11.6. The van der Waals surface area contributed by atoms with E-state index in [1.54, 1.807) is 6.07 Å². The molecule has 124 valence electrons. The third-order valence-electron chi connectivity index (χ3n) is 4.63. The minimum atomic E-state index is -1.00. The summed E-state index contributed by atoms with van der Waals surface area (Å²) in [6.07, 6.45) is 0.684. The van der Waals surface area contributed by atoms with Crippen LogP contribution < -0.4 is 15.0 Å². The molecule has 1 saturated heterocycles. The minimum Gasteiger partial charge on any atom is -0.465 e. The number of amides is 1. The molecule has 2 N–H and O–H groups in total. The van der Waals surface area contributed by atoms with Gasteiger partial charge in [-0.2, -0.15) is 0 Å². The number of hydrogen-bond acceptors (Lipinski definition) is 3. The summed E-state index contributed by atoms with van der Waals surface area (Å²) < 4.78 is 6.13. The number of hydrogen-bond donors (Lipinski definition) is 2. The molecule has 0 radical (unpaired) electrons. The van der Waals surface area contributed by atoms with Gasteiger partial charge in [-0.1, -0.05) is 29.8 Å². The zero-order valence-corrected chi connectivity index (χ0v) is 13.7. The van der Waals surface area contributed by atoms with E-state index in [1.807, 2.05) is 36.4 Å². The van der Waals surface area contributed by atoms with Gasteiger partial charge in [-0.25, -0.2) is 4.79 Å². The van der Waals surface area contributed by atoms with Crippen molar-refractivity contribution in [2.45, 2.75) is 24.9 Å². The second-order valence-electron chi connectivity index (χ2n) is 6.09. The van der Waals surface area contributed by atoms with Crippen LogP contribution in [0.25, 0.3) is 0 Å². The Labute approximate surface area is 144 Å². The summed E-state index contributed by atoms with van der Waals surface area (Å²) in [4.78, 5) is 13.5. The van der Waals surface area contributed by atoms with E-state index in [2.05, 4.69) is 10.2 Å². The van der Waals surface area contributed by atoms with Crippen LogP contribution in [0.2, 0.25) is 5.02 Å². The molecule has 2 atom stereocenters. The molecule has 0 bridgehead atoms. The first-order valence-electron chi connectivity index (χ1n) is 7.96. The molecule has 0 spiro atoms. The van der Waals surface area contributed by atoms with Crippen molar-refractivity contribution in [2.75, 3.05) is 11.4 Å². The molecule has 0 unspecified atom stereocenters. The van der Waals surface area contributed by atoms with Crippen LogP contribution in [0.4, 0.5) is 10.5 Å². The van der Waals surface area contributed by atoms with Crippen LogP contribution >= 0.6 is 11.6 Å². The van der Waals surface area contributed by atoms with Crippen molar-refractivity contribution in [3.8, 4) is 11.5 Å². The maximum atomic E-state index is 11.3. The number of anilines is 1. The van der Waals surface area contributed by atoms with Gasteiger partial charge in [0.05, 0.1) is 17.8 Å². The number of carbonyl (C=O) groups is 1. The normalized spacial score (nSPS) is 21.6. The molecule has 2 heterocycles. The van der Waals surface area contributed by atoms with E-state index < -0.39 is 6.09 Å². The third kappa shape index (κ3) is 2.55. The second kappa shape index (κ2) is 5.91. The molecule has 4 rings (SSSR count). The summed E-state index contributed by atoms with van der Waals surface area (Å²) in [7, 11) is 0. The molecule has 2 aliphatic heterocycles. The Morgan fingerprint density at radius 1 is 1.25 bits per heavy atom. The van der Waals surface area contributed by atoms with Gasteiger partial charge in [0.2, 0.25) is 0 Å². The van der Waals surface area contributed by atoms with Gasteiger partial charge < -0.3 is 20.1 Å². The Bertz CT molecular complexity index is 796. The summed E-state index contributed by atoms with van der Waals surface area (Å²) in [5.74, 6) is 1.50. The van der Waals surface area contributed by atoms with E-state index in [4.69, 9.17) is 16.3 Å². The second-order valence-corrected chi connectivity index (χ2v) is 6.52. The van der Waals surface area contributed by atoms with Crippen LogP contribution in [0.1, 0.15) is 24.4 Å². The number of carboxylic acid groups (broad SMARTS) is 1. The van der Waals surface area contributed by atoms with Gasteiger partial charge in [0.15, 0.2) is 5.75 Å². The minimum absolute atomic E-state index is 0.120. The van der Waals surface area contributed by atoms with Crippen LogP contribution in [-0.2, 0) is 0 Å². The van der Waals surface area contributed by atoms with Gasteiger partial charge in [-0.15, -0.1) is 0 Å². The molecular formula is C18H17ClN2O3. The predicted molar refractivity (Wildman–Crippen MR) is 92.2 cm³/mol. The van der Waals surface area contributed by atoms with E-state index in [1.165, 1.54) is 0 Å². The summed E-state index contributed by atoms with van der Waals surface area (Å²) >= 11 is 6.20. The molecule has 1 amide bonds. The lowest BCUT2D eigenvalue weighted by molar-refractivity contribution is 0.184. The predicted octanol–water partition coefficient (Wildman–Crippen LogP) is 4.42. The smallest absolute Gasteiger partial charge is 0.404 e. The standard InChI is InChI=1S/C18H17ClN2O3/c19-11-7-8-16-14(10-11)21-9-3-5-13(20-18(22)23)17(21)12-4-1-2-6-15(12)24-16/h1-2,4,6-8,10,13,17,20H,3,5,9H2,(H,22,23)/t13-,17-/m0/s1. The molecule has 1 fully saturated rings. The number of nitrogens with one attached hydrogen (secondary N) is 1. The first-order valence-corrected chi connectivity index (χ1v) is 8.34. The lowest BCUT2D eigenvalue weighted by atomic mass is 9.89. The van der Waals surface area contributed by atoms with Gasteiger partial charge in [-0.05, 0) is 37.1 Å². The van der Waals surface area contributed by atoms with Crippen molar-refractivity contribution < 1.29 is 14.6 Å². The van der Waals surface area contributed by atoms with Crippen LogP contribution in [0.5, 0.6) is 11.5 Å². The fourth-order valence-corrected chi connectivity index (χ4v) is 3.86. The van der Waals surface area contributed by atoms with E-state index >= 15 is 0 Å². The average Bonchev–Trinajstić information content (AvgIpc) is 2.70. The molecule has 24 heavy (non-hydrogen) atoms. The van der Waals surface area contributed by atoms with Gasteiger partial charge in [-0.3, -0.25) is 0 Å². The summed E-state index contributed by atoms with van der Waals surface area (Å²) in [5, 5.41) is 12.5. The molecule has 0 saturated carbocycles. The van der Waals surface area contributed by atoms with Crippen molar-refractivity contribution in [3.63, 3.8) is 0 Å². The zero-order valence-electron chi connectivity index (χ0n) is 12.9. The van der Waals surface area contributed by atoms with Crippen molar-refractivity contribution in [2.24, 2.45) is 0 Å². The average molecular weight is 345 g/mol.